The van der Waals surface area contributed by atoms with Gasteiger partial charge in [-0.1, -0.05) is 18.7 Å². The van der Waals surface area contributed by atoms with Crippen LogP contribution in [0, 0.1) is 0 Å². The molecule has 0 atom stereocenters. The number of amides is 1. The average molecular weight is 230 g/mol. The first-order valence-electron chi connectivity index (χ1n) is 4.62. The summed E-state index contributed by atoms with van der Waals surface area (Å²) in [5, 5.41) is 4.82. The molecule has 0 radical (unpaired) electrons. The summed E-state index contributed by atoms with van der Waals surface area (Å²) >= 11 is 3.40. The van der Waals surface area contributed by atoms with Crippen molar-refractivity contribution in [3.8, 4) is 0 Å². The smallest absolute Gasteiger partial charge is 0.219 e. The molecule has 3 nitrogen and oxygen atoms in total. The van der Waals surface area contributed by atoms with Crippen LogP contribution in [0.3, 0.4) is 0 Å². The highest BCUT2D eigenvalue weighted by molar-refractivity contribution is 8.00. The van der Waals surface area contributed by atoms with Crippen LogP contribution in [0.5, 0.6) is 0 Å². The van der Waals surface area contributed by atoms with Gasteiger partial charge in [-0.3, -0.25) is 4.79 Å². The van der Waals surface area contributed by atoms with E-state index in [1.54, 1.807) is 23.1 Å². The van der Waals surface area contributed by atoms with Crippen molar-refractivity contribution in [2.45, 2.75) is 24.1 Å². The number of nitrogens with zero attached hydrogens (tertiary/aromatic N) is 1. The Balaban J connectivity index is 1.97. The number of aromatic nitrogens is 1. The van der Waals surface area contributed by atoms with E-state index < -0.39 is 0 Å². The highest BCUT2D eigenvalue weighted by atomic mass is 32.2. The van der Waals surface area contributed by atoms with Crippen molar-refractivity contribution in [3.05, 3.63) is 11.6 Å². The van der Waals surface area contributed by atoms with Gasteiger partial charge in [-0.05, 0) is 6.42 Å². The van der Waals surface area contributed by atoms with Gasteiger partial charge in [0.05, 0.1) is 0 Å². The molecule has 1 amide bonds. The molecule has 78 valence electrons. The van der Waals surface area contributed by atoms with E-state index in [1.807, 2.05) is 18.5 Å². The Morgan fingerprint density at radius 2 is 2.57 bits per heavy atom. The van der Waals surface area contributed by atoms with Crippen LogP contribution >= 0.6 is 23.1 Å². The minimum atomic E-state index is 0.129. The zero-order valence-corrected chi connectivity index (χ0v) is 9.79. The lowest BCUT2D eigenvalue weighted by molar-refractivity contribution is -0.120. The molecule has 0 aliphatic carbocycles. The van der Waals surface area contributed by atoms with E-state index in [9.17, 15) is 4.79 Å². The maximum atomic E-state index is 10.9. The fraction of sp³-hybridized carbons (Fsp3) is 0.556. The van der Waals surface area contributed by atoms with Crippen molar-refractivity contribution < 1.29 is 4.79 Å². The van der Waals surface area contributed by atoms with Crippen molar-refractivity contribution in [1.29, 1.82) is 0 Å². The number of carbonyl (C=O) groups excluding carboxylic acids is 1. The molecule has 1 aromatic heterocycles. The monoisotopic (exact) mass is 230 g/mol. The fourth-order valence-electron chi connectivity index (χ4n) is 0.866. The third-order valence-electron chi connectivity index (χ3n) is 1.60. The van der Waals surface area contributed by atoms with E-state index in [4.69, 9.17) is 0 Å². The molecule has 0 unspecified atom stereocenters. The lowest BCUT2D eigenvalue weighted by atomic mass is 10.4. The summed E-state index contributed by atoms with van der Waals surface area (Å²) in [6, 6.07) is 0. The Hall–Kier alpha value is -0.550. The molecule has 0 saturated carbocycles. The van der Waals surface area contributed by atoms with E-state index in [0.717, 1.165) is 23.1 Å². The Morgan fingerprint density at radius 3 is 3.21 bits per heavy atom. The zero-order chi connectivity index (χ0) is 10.2. The quantitative estimate of drug-likeness (QED) is 0.601. The van der Waals surface area contributed by atoms with Gasteiger partial charge in [0.2, 0.25) is 5.91 Å². The van der Waals surface area contributed by atoms with Crippen molar-refractivity contribution in [1.82, 2.24) is 10.3 Å². The maximum Gasteiger partial charge on any atom is 0.219 e. The molecule has 1 heterocycles. The molecule has 0 fully saturated rings. The second-order valence-corrected chi connectivity index (χ2v) is 4.94. The van der Waals surface area contributed by atoms with Crippen LogP contribution in [-0.4, -0.2) is 23.2 Å². The first kappa shape index (κ1) is 11.5. The molecule has 0 saturated heterocycles. The molecule has 1 aromatic rings. The van der Waals surface area contributed by atoms with Crippen LogP contribution in [0.4, 0.5) is 0 Å². The van der Waals surface area contributed by atoms with Crippen LogP contribution in [0.15, 0.2) is 15.9 Å². The molecular weight excluding hydrogens is 216 g/mol. The number of thiazole rings is 1. The Morgan fingerprint density at radius 1 is 1.71 bits per heavy atom. The molecule has 0 spiro atoms. The summed E-state index contributed by atoms with van der Waals surface area (Å²) in [4.78, 5) is 15.0. The van der Waals surface area contributed by atoms with Crippen molar-refractivity contribution >= 4 is 29.0 Å². The summed E-state index contributed by atoms with van der Waals surface area (Å²) in [6.07, 6.45) is 3.38. The minimum absolute atomic E-state index is 0.129. The van der Waals surface area contributed by atoms with Gasteiger partial charge in [0, 0.05) is 30.3 Å². The predicted molar refractivity (Wildman–Crippen MR) is 60.8 cm³/mol. The lowest BCUT2D eigenvalue weighted by Crippen LogP contribution is -2.23. The standard InChI is InChI=1S/C9H14N2OS2/c1-2-8(12)10-4-3-6-13-9-11-5-7-14-9/h5,7H,2-4,6H2,1H3,(H,10,12). The molecule has 0 aromatic carbocycles. The van der Waals surface area contributed by atoms with Crippen LogP contribution in [0.25, 0.3) is 0 Å². The topological polar surface area (TPSA) is 42.0 Å². The number of rotatable bonds is 6. The summed E-state index contributed by atoms with van der Waals surface area (Å²) in [5.74, 6) is 1.14. The molecule has 0 aliphatic rings. The number of hydrogen-bond donors (Lipinski definition) is 1. The second kappa shape index (κ2) is 6.84. The van der Waals surface area contributed by atoms with Gasteiger partial charge < -0.3 is 5.32 Å². The van der Waals surface area contributed by atoms with Gasteiger partial charge in [-0.25, -0.2) is 4.98 Å². The van der Waals surface area contributed by atoms with Gasteiger partial charge in [-0.15, -0.1) is 11.3 Å². The number of thioether (sulfide) groups is 1. The van der Waals surface area contributed by atoms with Crippen LogP contribution in [0.2, 0.25) is 0 Å². The molecule has 1 N–H and O–H groups in total. The number of hydrogen-bond acceptors (Lipinski definition) is 4. The van der Waals surface area contributed by atoms with Crippen LogP contribution < -0.4 is 5.32 Å². The van der Waals surface area contributed by atoms with Gasteiger partial charge in [0.1, 0.15) is 4.34 Å². The molecule has 0 bridgehead atoms. The largest absolute Gasteiger partial charge is 0.356 e. The Labute approximate surface area is 92.3 Å². The molecule has 5 heteroatoms. The molecule has 0 aliphatic heterocycles. The van der Waals surface area contributed by atoms with Crippen molar-refractivity contribution in [2.24, 2.45) is 0 Å². The van der Waals surface area contributed by atoms with Crippen molar-refractivity contribution in [3.63, 3.8) is 0 Å². The van der Waals surface area contributed by atoms with Crippen molar-refractivity contribution in [2.75, 3.05) is 12.3 Å². The lowest BCUT2D eigenvalue weighted by Gasteiger charge is -2.01. The SMILES string of the molecule is CCC(=O)NCCCSc1nccs1. The predicted octanol–water partition coefficient (Wildman–Crippen LogP) is 2.15. The third-order valence-corrected chi connectivity index (χ3v) is 3.65. The summed E-state index contributed by atoms with van der Waals surface area (Å²) in [7, 11) is 0. The van der Waals surface area contributed by atoms with E-state index in [-0.39, 0.29) is 5.91 Å². The minimum Gasteiger partial charge on any atom is -0.356 e. The van der Waals surface area contributed by atoms with E-state index in [0.29, 0.717) is 6.42 Å². The maximum absolute atomic E-state index is 10.9. The van der Waals surface area contributed by atoms with E-state index in [1.165, 1.54) is 0 Å². The first-order chi connectivity index (χ1) is 6.83. The third kappa shape index (κ3) is 4.62. The Bertz CT molecular complexity index is 262. The number of nitrogens with one attached hydrogen (secondary N) is 1. The first-order valence-corrected chi connectivity index (χ1v) is 6.48. The fourth-order valence-corrected chi connectivity index (χ4v) is 2.51. The number of carbonyl (C=O) groups is 1. The second-order valence-electron chi connectivity index (χ2n) is 2.70. The Kier molecular flexibility index (Phi) is 5.63. The van der Waals surface area contributed by atoms with E-state index >= 15 is 0 Å². The highest BCUT2D eigenvalue weighted by Crippen LogP contribution is 2.20. The van der Waals surface area contributed by atoms with Crippen LogP contribution in [-0.2, 0) is 4.79 Å². The summed E-state index contributed by atoms with van der Waals surface area (Å²) in [5.41, 5.74) is 0. The van der Waals surface area contributed by atoms with Crippen LogP contribution in [0.1, 0.15) is 19.8 Å². The van der Waals surface area contributed by atoms with E-state index in [2.05, 4.69) is 10.3 Å². The highest BCUT2D eigenvalue weighted by Gasteiger charge is 1.97. The van der Waals surface area contributed by atoms with Gasteiger partial charge in [-0.2, -0.15) is 0 Å². The average Bonchev–Trinajstić information content (AvgIpc) is 2.69. The zero-order valence-electron chi connectivity index (χ0n) is 8.16. The van der Waals surface area contributed by atoms with Gasteiger partial charge in [0.15, 0.2) is 0 Å². The normalized spacial score (nSPS) is 10.1. The van der Waals surface area contributed by atoms with Gasteiger partial charge >= 0.3 is 0 Å². The van der Waals surface area contributed by atoms with Gasteiger partial charge in [0.25, 0.3) is 0 Å². The molecule has 14 heavy (non-hydrogen) atoms. The summed E-state index contributed by atoms with van der Waals surface area (Å²) < 4.78 is 1.10. The molecular formula is C9H14N2OS2. The summed E-state index contributed by atoms with van der Waals surface area (Å²) in [6.45, 7) is 2.63. The molecule has 1 rings (SSSR count).